The Morgan fingerprint density at radius 2 is 2.12 bits per heavy atom. The average Bonchev–Trinajstić information content (AvgIpc) is 2.54. The maximum absolute atomic E-state index is 12.6. The molecule has 5 nitrogen and oxygen atoms in total. The van der Waals surface area contributed by atoms with Gasteiger partial charge in [-0.3, -0.25) is 4.79 Å². The van der Waals surface area contributed by atoms with E-state index in [9.17, 15) is 18.0 Å². The fourth-order valence-corrected chi connectivity index (χ4v) is 2.67. The monoisotopic (exact) mass is 386 g/mol. The molecule has 0 saturated carbocycles. The normalized spacial score (nSPS) is 12.3. The zero-order valence-corrected chi connectivity index (χ0v) is 14.2. The molecule has 130 valence electrons. The minimum atomic E-state index is -4.58. The third-order valence-corrected chi connectivity index (χ3v) is 4.22. The highest BCUT2D eigenvalue weighted by Crippen LogP contribution is 2.29. The molecule has 10 heteroatoms. The summed E-state index contributed by atoms with van der Waals surface area (Å²) in [5, 5.41) is 10.6. The van der Waals surface area contributed by atoms with Gasteiger partial charge in [-0.15, -0.1) is 0 Å². The van der Waals surface area contributed by atoms with E-state index in [-0.39, 0.29) is 15.7 Å². The van der Waals surface area contributed by atoms with E-state index in [1.807, 2.05) is 6.07 Å². The van der Waals surface area contributed by atoms with Gasteiger partial charge in [-0.2, -0.15) is 18.4 Å². The Morgan fingerprint density at radius 1 is 1.40 bits per heavy atom. The minimum Gasteiger partial charge on any atom is -0.325 e. The van der Waals surface area contributed by atoms with E-state index >= 15 is 0 Å². The molecule has 25 heavy (non-hydrogen) atoms. The SMILES string of the molecule is CC(Sc1nccc(C(F)(F)F)n1)C(=O)Nc1ccc(C#N)c(Cl)c1. The van der Waals surface area contributed by atoms with Crippen molar-refractivity contribution in [3.05, 3.63) is 46.7 Å². The molecular formula is C15H10ClF3N4OS. The molecule has 0 fully saturated rings. The predicted molar refractivity (Wildman–Crippen MR) is 87.1 cm³/mol. The predicted octanol–water partition coefficient (Wildman–Crippen LogP) is 4.14. The van der Waals surface area contributed by atoms with Gasteiger partial charge in [-0.05, 0) is 31.2 Å². The molecule has 2 rings (SSSR count). The number of nitriles is 1. The largest absolute Gasteiger partial charge is 0.433 e. The number of anilines is 1. The Kier molecular flexibility index (Phi) is 5.87. The summed E-state index contributed by atoms with van der Waals surface area (Å²) in [4.78, 5) is 19.3. The van der Waals surface area contributed by atoms with Gasteiger partial charge in [0.1, 0.15) is 11.8 Å². The molecule has 0 aliphatic rings. The van der Waals surface area contributed by atoms with Crippen LogP contribution in [0, 0.1) is 11.3 Å². The molecular weight excluding hydrogens is 377 g/mol. The maximum Gasteiger partial charge on any atom is 0.433 e. The number of alkyl halides is 3. The minimum absolute atomic E-state index is 0.157. The number of nitrogens with zero attached hydrogens (tertiary/aromatic N) is 3. The van der Waals surface area contributed by atoms with Gasteiger partial charge in [0, 0.05) is 11.9 Å². The Morgan fingerprint density at radius 3 is 2.72 bits per heavy atom. The second-order valence-corrected chi connectivity index (χ2v) is 6.49. The Labute approximate surface area is 150 Å². The van der Waals surface area contributed by atoms with E-state index in [0.717, 1.165) is 24.0 Å². The van der Waals surface area contributed by atoms with Crippen LogP contribution in [0.15, 0.2) is 35.6 Å². The van der Waals surface area contributed by atoms with Crippen LogP contribution in [0.25, 0.3) is 0 Å². The van der Waals surface area contributed by atoms with Crippen molar-refractivity contribution in [2.75, 3.05) is 5.32 Å². The molecule has 0 radical (unpaired) electrons. The van der Waals surface area contributed by atoms with Gasteiger partial charge in [0.05, 0.1) is 15.8 Å². The Bertz CT molecular complexity index is 838. The molecule has 1 heterocycles. The number of hydrogen-bond acceptors (Lipinski definition) is 5. The molecule has 0 spiro atoms. The zero-order valence-electron chi connectivity index (χ0n) is 12.6. The highest BCUT2D eigenvalue weighted by Gasteiger charge is 2.33. The lowest BCUT2D eigenvalue weighted by Crippen LogP contribution is -2.23. The summed E-state index contributed by atoms with van der Waals surface area (Å²) in [6, 6.07) is 7.01. The molecule has 1 amide bonds. The number of rotatable bonds is 4. The summed E-state index contributed by atoms with van der Waals surface area (Å²) >= 11 is 6.67. The van der Waals surface area contributed by atoms with Crippen LogP contribution in [0.1, 0.15) is 18.2 Å². The lowest BCUT2D eigenvalue weighted by molar-refractivity contribution is -0.141. The number of hydrogen-bond donors (Lipinski definition) is 1. The first-order valence-electron chi connectivity index (χ1n) is 6.78. The topological polar surface area (TPSA) is 78.7 Å². The lowest BCUT2D eigenvalue weighted by Gasteiger charge is -2.12. The van der Waals surface area contributed by atoms with E-state index < -0.39 is 23.0 Å². The second-order valence-electron chi connectivity index (χ2n) is 4.78. The summed E-state index contributed by atoms with van der Waals surface area (Å²) in [5.74, 6) is -0.466. The molecule has 1 aromatic carbocycles. The van der Waals surface area contributed by atoms with Crippen molar-refractivity contribution in [2.45, 2.75) is 23.5 Å². The molecule has 0 bridgehead atoms. The molecule has 0 aliphatic carbocycles. The first-order chi connectivity index (χ1) is 11.7. The highest BCUT2D eigenvalue weighted by molar-refractivity contribution is 8.00. The number of benzene rings is 1. The molecule has 1 unspecified atom stereocenters. The fraction of sp³-hybridized carbons (Fsp3) is 0.200. The molecule has 1 atom stereocenters. The van der Waals surface area contributed by atoms with Crippen LogP contribution in [-0.2, 0) is 11.0 Å². The summed E-state index contributed by atoms with van der Waals surface area (Å²) in [5.41, 5.74) is -0.442. The first-order valence-corrected chi connectivity index (χ1v) is 8.04. The fourth-order valence-electron chi connectivity index (χ4n) is 1.69. The summed E-state index contributed by atoms with van der Waals surface area (Å²) in [7, 11) is 0. The number of halogens is 4. The Balaban J connectivity index is 2.06. The van der Waals surface area contributed by atoms with Crippen molar-refractivity contribution in [2.24, 2.45) is 0 Å². The molecule has 0 aliphatic heterocycles. The van der Waals surface area contributed by atoms with Crippen LogP contribution in [-0.4, -0.2) is 21.1 Å². The van der Waals surface area contributed by atoms with Crippen LogP contribution in [0.4, 0.5) is 18.9 Å². The second kappa shape index (κ2) is 7.72. The standard InChI is InChI=1S/C15H10ClF3N4OS/c1-8(25-14-21-5-4-12(23-14)15(17,18)19)13(24)22-10-3-2-9(7-20)11(16)6-10/h2-6,8H,1H3,(H,22,24). The third-order valence-electron chi connectivity index (χ3n) is 2.93. The van der Waals surface area contributed by atoms with Gasteiger partial charge in [0.2, 0.25) is 5.91 Å². The summed E-state index contributed by atoms with van der Waals surface area (Å²) < 4.78 is 37.9. The maximum atomic E-state index is 12.6. The van der Waals surface area contributed by atoms with Gasteiger partial charge < -0.3 is 5.32 Å². The van der Waals surface area contributed by atoms with Gasteiger partial charge in [-0.1, -0.05) is 23.4 Å². The van der Waals surface area contributed by atoms with Crippen LogP contribution in [0.3, 0.4) is 0 Å². The number of nitrogens with one attached hydrogen (secondary N) is 1. The van der Waals surface area contributed by atoms with Gasteiger partial charge in [-0.25, -0.2) is 9.97 Å². The van der Waals surface area contributed by atoms with Crippen molar-refractivity contribution in [1.82, 2.24) is 9.97 Å². The zero-order chi connectivity index (χ0) is 18.6. The molecule has 2 aromatic rings. The number of amides is 1. The quantitative estimate of drug-likeness (QED) is 0.631. The average molecular weight is 387 g/mol. The van der Waals surface area contributed by atoms with Gasteiger partial charge >= 0.3 is 6.18 Å². The van der Waals surface area contributed by atoms with Crippen molar-refractivity contribution in [3.8, 4) is 6.07 Å². The molecule has 0 saturated heterocycles. The Hall–Kier alpha value is -2.31. The highest BCUT2D eigenvalue weighted by atomic mass is 35.5. The van der Waals surface area contributed by atoms with Crippen LogP contribution in [0.5, 0.6) is 0 Å². The number of thioether (sulfide) groups is 1. The number of carbonyl (C=O) groups is 1. The van der Waals surface area contributed by atoms with Crippen molar-refractivity contribution >= 4 is 35.0 Å². The molecule has 1 aromatic heterocycles. The first kappa shape index (κ1) is 19.0. The summed E-state index contributed by atoms with van der Waals surface area (Å²) in [6.07, 6.45) is -3.59. The summed E-state index contributed by atoms with van der Waals surface area (Å²) in [6.45, 7) is 1.51. The van der Waals surface area contributed by atoms with Gasteiger partial charge in [0.25, 0.3) is 0 Å². The third kappa shape index (κ3) is 5.08. The van der Waals surface area contributed by atoms with Crippen LogP contribution in [0.2, 0.25) is 5.02 Å². The van der Waals surface area contributed by atoms with E-state index in [1.54, 1.807) is 0 Å². The van der Waals surface area contributed by atoms with Crippen molar-refractivity contribution in [1.29, 1.82) is 5.26 Å². The number of aromatic nitrogens is 2. The van der Waals surface area contributed by atoms with E-state index in [1.165, 1.54) is 25.1 Å². The van der Waals surface area contributed by atoms with E-state index in [4.69, 9.17) is 16.9 Å². The van der Waals surface area contributed by atoms with Crippen LogP contribution >= 0.6 is 23.4 Å². The van der Waals surface area contributed by atoms with Crippen molar-refractivity contribution < 1.29 is 18.0 Å². The van der Waals surface area contributed by atoms with E-state index in [0.29, 0.717) is 5.69 Å². The van der Waals surface area contributed by atoms with Crippen molar-refractivity contribution in [3.63, 3.8) is 0 Å². The number of carbonyl (C=O) groups excluding carboxylic acids is 1. The lowest BCUT2D eigenvalue weighted by atomic mass is 10.2. The van der Waals surface area contributed by atoms with Gasteiger partial charge in [0.15, 0.2) is 5.16 Å². The molecule has 1 N–H and O–H groups in total. The smallest absolute Gasteiger partial charge is 0.325 e. The van der Waals surface area contributed by atoms with Crippen LogP contribution < -0.4 is 5.32 Å². The van der Waals surface area contributed by atoms with E-state index in [2.05, 4.69) is 15.3 Å².